The predicted molar refractivity (Wildman–Crippen MR) is 113 cm³/mol. The van der Waals surface area contributed by atoms with Gasteiger partial charge in [0.25, 0.3) is 0 Å². The fourth-order valence-electron chi connectivity index (χ4n) is 4.02. The van der Waals surface area contributed by atoms with E-state index in [1.54, 1.807) is 11.9 Å². The van der Waals surface area contributed by atoms with Crippen LogP contribution in [0, 0.1) is 0 Å². The summed E-state index contributed by atoms with van der Waals surface area (Å²) in [6.07, 6.45) is 2.16. The zero-order valence-corrected chi connectivity index (χ0v) is 17.6. The van der Waals surface area contributed by atoms with E-state index in [4.69, 9.17) is 0 Å². The average Bonchev–Trinajstić information content (AvgIpc) is 3.22. The van der Waals surface area contributed by atoms with Crippen LogP contribution in [0.5, 0.6) is 0 Å². The molecule has 0 radical (unpaired) electrons. The third kappa shape index (κ3) is 3.87. The van der Waals surface area contributed by atoms with Crippen LogP contribution in [0.1, 0.15) is 29.9 Å². The Morgan fingerprint density at radius 2 is 1.50 bits per heavy atom. The Hall–Kier alpha value is -3.00. The number of likely N-dealkylation sites (tertiary alicyclic amines) is 1. The number of amides is 1. The Labute approximate surface area is 176 Å². The molecule has 2 heterocycles. The Morgan fingerprint density at radius 3 is 1.97 bits per heavy atom. The molecule has 1 saturated heterocycles. The molecule has 156 valence electrons. The first-order valence-corrected chi connectivity index (χ1v) is 11.5. The lowest BCUT2D eigenvalue weighted by Crippen LogP contribution is -2.44. The summed E-state index contributed by atoms with van der Waals surface area (Å²) in [5, 5.41) is 6.88. The molecule has 2 aromatic carbocycles. The van der Waals surface area contributed by atoms with Crippen molar-refractivity contribution in [2.75, 3.05) is 13.1 Å². The lowest BCUT2D eigenvalue weighted by atomic mass is 9.89. The topological polar surface area (TPSA) is 85.2 Å². The van der Waals surface area contributed by atoms with E-state index in [9.17, 15) is 13.2 Å². The van der Waals surface area contributed by atoms with Gasteiger partial charge in [0, 0.05) is 20.1 Å². The number of rotatable bonds is 5. The third-order valence-corrected chi connectivity index (χ3v) is 7.86. The number of carbonyl (C=O) groups is 1. The van der Waals surface area contributed by atoms with Gasteiger partial charge in [-0.3, -0.25) is 4.79 Å². The summed E-state index contributed by atoms with van der Waals surface area (Å²) in [7, 11) is -1.95. The van der Waals surface area contributed by atoms with Crippen molar-refractivity contribution in [3.8, 4) is 0 Å². The first kappa shape index (κ1) is 20.3. The zero-order valence-electron chi connectivity index (χ0n) is 16.8. The zero-order chi connectivity index (χ0) is 21.1. The number of nitrogens with zero attached hydrogens (tertiary/aromatic N) is 4. The van der Waals surface area contributed by atoms with Crippen LogP contribution in [0.4, 0.5) is 0 Å². The van der Waals surface area contributed by atoms with Crippen molar-refractivity contribution in [2.45, 2.75) is 29.2 Å². The van der Waals surface area contributed by atoms with Crippen LogP contribution < -0.4 is 0 Å². The molecule has 0 saturated carbocycles. The maximum absolute atomic E-state index is 13.5. The highest BCUT2D eigenvalue weighted by Crippen LogP contribution is 2.30. The summed E-state index contributed by atoms with van der Waals surface area (Å²) in [5.74, 6) is -0.402. The van der Waals surface area contributed by atoms with Crippen LogP contribution in [-0.2, 0) is 21.7 Å². The van der Waals surface area contributed by atoms with E-state index in [2.05, 4.69) is 10.2 Å². The minimum atomic E-state index is -3.57. The lowest BCUT2D eigenvalue weighted by molar-refractivity contribution is -0.132. The molecule has 1 aliphatic heterocycles. The highest BCUT2D eigenvalue weighted by atomic mass is 32.2. The van der Waals surface area contributed by atoms with Gasteiger partial charge in [0.2, 0.25) is 20.9 Å². The van der Waals surface area contributed by atoms with Gasteiger partial charge in [-0.15, -0.1) is 10.2 Å². The van der Waals surface area contributed by atoms with E-state index in [0.29, 0.717) is 25.9 Å². The summed E-state index contributed by atoms with van der Waals surface area (Å²) in [6, 6.07) is 19.4. The second-order valence-corrected chi connectivity index (χ2v) is 9.67. The number of piperidine rings is 1. The van der Waals surface area contributed by atoms with E-state index < -0.39 is 21.0 Å². The quantitative estimate of drug-likeness (QED) is 0.628. The summed E-state index contributed by atoms with van der Waals surface area (Å²) >= 11 is 0. The van der Waals surface area contributed by atoms with Gasteiger partial charge in [0.05, 0.1) is 11.2 Å². The van der Waals surface area contributed by atoms with E-state index in [-0.39, 0.29) is 11.1 Å². The molecule has 4 rings (SSSR count). The van der Waals surface area contributed by atoms with E-state index >= 15 is 0 Å². The molecule has 0 spiro atoms. The largest absolute Gasteiger partial charge is 0.342 e. The van der Waals surface area contributed by atoms with Gasteiger partial charge in [-0.1, -0.05) is 60.7 Å². The first-order valence-electron chi connectivity index (χ1n) is 9.95. The normalized spacial score (nSPS) is 15.5. The molecule has 0 atom stereocenters. The molecular formula is C22H24N4O3S. The smallest absolute Gasteiger partial charge is 0.249 e. The lowest BCUT2D eigenvalue weighted by Gasteiger charge is -2.34. The van der Waals surface area contributed by atoms with Crippen LogP contribution in [0.25, 0.3) is 0 Å². The van der Waals surface area contributed by atoms with Gasteiger partial charge >= 0.3 is 0 Å². The Morgan fingerprint density at radius 1 is 0.967 bits per heavy atom. The monoisotopic (exact) mass is 424 g/mol. The molecule has 1 amide bonds. The van der Waals surface area contributed by atoms with Gasteiger partial charge in [-0.05, 0) is 24.0 Å². The second-order valence-electron chi connectivity index (χ2n) is 7.55. The number of hydrogen-bond acceptors (Lipinski definition) is 5. The van der Waals surface area contributed by atoms with E-state index in [1.165, 1.54) is 10.9 Å². The molecule has 30 heavy (non-hydrogen) atoms. The van der Waals surface area contributed by atoms with Gasteiger partial charge in [-0.25, -0.2) is 8.42 Å². The van der Waals surface area contributed by atoms with Crippen LogP contribution in [-0.4, -0.2) is 52.3 Å². The van der Waals surface area contributed by atoms with Crippen molar-refractivity contribution in [3.05, 3.63) is 78.1 Å². The third-order valence-electron chi connectivity index (χ3n) is 5.63. The van der Waals surface area contributed by atoms with Crippen LogP contribution >= 0.6 is 0 Å². The Kier molecular flexibility index (Phi) is 5.67. The molecule has 7 nitrogen and oxygen atoms in total. The molecule has 1 aromatic heterocycles. The number of benzene rings is 2. The minimum absolute atomic E-state index is 0.00177. The van der Waals surface area contributed by atoms with Crippen molar-refractivity contribution < 1.29 is 13.2 Å². The average molecular weight is 425 g/mol. The van der Waals surface area contributed by atoms with E-state index in [0.717, 1.165) is 11.1 Å². The first-order chi connectivity index (χ1) is 14.5. The number of hydrogen-bond donors (Lipinski definition) is 0. The molecule has 0 N–H and O–H groups in total. The number of aromatic nitrogens is 3. The fraction of sp³-hybridized carbons (Fsp3) is 0.318. The molecule has 8 heteroatoms. The molecule has 0 unspecified atom stereocenters. The summed E-state index contributed by atoms with van der Waals surface area (Å²) in [6.45, 7) is 0.799. The van der Waals surface area contributed by atoms with Crippen molar-refractivity contribution in [1.29, 1.82) is 0 Å². The highest BCUT2D eigenvalue weighted by Gasteiger charge is 2.37. The maximum Gasteiger partial charge on any atom is 0.249 e. The van der Waals surface area contributed by atoms with Crippen molar-refractivity contribution in [3.63, 3.8) is 0 Å². The Bertz CT molecular complexity index is 1070. The minimum Gasteiger partial charge on any atom is -0.342 e. The molecule has 1 fully saturated rings. The van der Waals surface area contributed by atoms with Gasteiger partial charge in [-0.2, -0.15) is 0 Å². The summed E-state index contributed by atoms with van der Waals surface area (Å²) < 4.78 is 27.2. The van der Waals surface area contributed by atoms with Crippen molar-refractivity contribution in [1.82, 2.24) is 19.7 Å². The standard InChI is InChI=1S/C22H24N4O3S/c1-25-16-23-24-22(25)30(28,29)19-12-14-26(15-13-19)21(27)20(17-8-4-2-5-9-17)18-10-6-3-7-11-18/h2-11,16,19-20H,12-15H2,1H3. The predicted octanol–water partition coefficient (Wildman–Crippen LogP) is 2.41. The SMILES string of the molecule is Cn1cnnc1S(=O)(=O)C1CCN(C(=O)C(c2ccccc2)c2ccccc2)CC1. The Balaban J connectivity index is 1.53. The van der Waals surface area contributed by atoms with Gasteiger partial charge < -0.3 is 9.47 Å². The van der Waals surface area contributed by atoms with Gasteiger partial charge in [0.15, 0.2) is 0 Å². The van der Waals surface area contributed by atoms with Crippen LogP contribution in [0.15, 0.2) is 72.1 Å². The fourth-order valence-corrected chi connectivity index (χ4v) is 5.76. The highest BCUT2D eigenvalue weighted by molar-refractivity contribution is 7.91. The maximum atomic E-state index is 13.5. The molecule has 3 aromatic rings. The molecule has 0 bridgehead atoms. The van der Waals surface area contributed by atoms with Gasteiger partial charge in [0.1, 0.15) is 6.33 Å². The van der Waals surface area contributed by atoms with Crippen LogP contribution in [0.3, 0.4) is 0 Å². The number of carbonyl (C=O) groups excluding carboxylic acids is 1. The van der Waals surface area contributed by atoms with E-state index in [1.807, 2.05) is 60.7 Å². The molecule has 1 aliphatic rings. The number of sulfone groups is 1. The number of aryl methyl sites for hydroxylation is 1. The van der Waals surface area contributed by atoms with Crippen molar-refractivity contribution in [2.24, 2.45) is 7.05 Å². The molecular weight excluding hydrogens is 400 g/mol. The second kappa shape index (κ2) is 8.39. The van der Waals surface area contributed by atoms with Crippen LogP contribution in [0.2, 0.25) is 0 Å². The molecule has 0 aliphatic carbocycles. The summed E-state index contributed by atoms with van der Waals surface area (Å²) in [4.78, 5) is 15.3. The van der Waals surface area contributed by atoms with Crippen molar-refractivity contribution >= 4 is 15.7 Å². The summed E-state index contributed by atoms with van der Waals surface area (Å²) in [5.41, 5.74) is 1.87.